The van der Waals surface area contributed by atoms with Gasteiger partial charge >= 0.3 is 5.97 Å². The molecule has 0 atom stereocenters. The van der Waals surface area contributed by atoms with E-state index in [-0.39, 0.29) is 19.2 Å². The fourth-order valence-electron chi connectivity index (χ4n) is 1.93. The fourth-order valence-corrected chi connectivity index (χ4v) is 1.93. The SMILES string of the molecule is CC(C)(C)N(CC(=O)O)C(=O)c1ccc2c(c1)OCO2. The van der Waals surface area contributed by atoms with Crippen LogP contribution >= 0.6 is 0 Å². The number of fused-ring (bicyclic) bond motifs is 1. The molecule has 0 saturated heterocycles. The first-order chi connectivity index (χ1) is 9.29. The zero-order valence-electron chi connectivity index (χ0n) is 11.7. The summed E-state index contributed by atoms with van der Waals surface area (Å²) in [7, 11) is 0. The van der Waals surface area contributed by atoms with Crippen molar-refractivity contribution >= 4 is 11.9 Å². The minimum absolute atomic E-state index is 0.130. The Balaban J connectivity index is 2.30. The van der Waals surface area contributed by atoms with Gasteiger partial charge in [-0.2, -0.15) is 0 Å². The lowest BCUT2D eigenvalue weighted by Gasteiger charge is -2.34. The van der Waals surface area contributed by atoms with Crippen LogP contribution in [0.3, 0.4) is 0 Å². The van der Waals surface area contributed by atoms with Crippen LogP contribution in [0, 0.1) is 0 Å². The summed E-state index contributed by atoms with van der Waals surface area (Å²) in [5.41, 5.74) is -0.211. The number of aliphatic carboxylic acids is 1. The lowest BCUT2D eigenvalue weighted by Crippen LogP contribution is -2.48. The molecule has 108 valence electrons. The first-order valence-corrected chi connectivity index (χ1v) is 6.22. The van der Waals surface area contributed by atoms with Gasteiger partial charge in [-0.15, -0.1) is 0 Å². The van der Waals surface area contributed by atoms with Gasteiger partial charge in [-0.1, -0.05) is 0 Å². The molecule has 1 N–H and O–H groups in total. The third-order valence-electron chi connectivity index (χ3n) is 2.97. The van der Waals surface area contributed by atoms with E-state index in [4.69, 9.17) is 14.6 Å². The second-order valence-corrected chi connectivity index (χ2v) is 5.52. The van der Waals surface area contributed by atoms with Crippen LogP contribution in [0.1, 0.15) is 31.1 Å². The lowest BCUT2D eigenvalue weighted by molar-refractivity contribution is -0.138. The molecule has 0 saturated carbocycles. The minimum Gasteiger partial charge on any atom is -0.480 e. The minimum atomic E-state index is -1.05. The standard InChI is InChI=1S/C14H17NO5/c1-14(2,3)15(7-12(16)17)13(18)9-4-5-10-11(6-9)20-8-19-10/h4-6H,7-8H2,1-3H3,(H,16,17). The Morgan fingerprint density at radius 1 is 1.25 bits per heavy atom. The van der Waals surface area contributed by atoms with Gasteiger partial charge in [-0.05, 0) is 39.0 Å². The van der Waals surface area contributed by atoms with Gasteiger partial charge in [0.15, 0.2) is 11.5 Å². The number of benzene rings is 1. The summed E-state index contributed by atoms with van der Waals surface area (Å²) in [6, 6.07) is 4.83. The predicted octanol–water partition coefficient (Wildman–Crippen LogP) is 1.74. The maximum Gasteiger partial charge on any atom is 0.323 e. The molecule has 0 fully saturated rings. The van der Waals surface area contributed by atoms with Gasteiger partial charge in [0.25, 0.3) is 5.91 Å². The lowest BCUT2D eigenvalue weighted by atomic mass is 10.0. The van der Waals surface area contributed by atoms with Crippen LogP contribution in [-0.4, -0.2) is 40.8 Å². The van der Waals surface area contributed by atoms with Gasteiger partial charge in [0.05, 0.1) is 0 Å². The summed E-state index contributed by atoms with van der Waals surface area (Å²) in [4.78, 5) is 24.7. The van der Waals surface area contributed by atoms with Crippen LogP contribution in [0.15, 0.2) is 18.2 Å². The highest BCUT2D eigenvalue weighted by molar-refractivity contribution is 5.97. The van der Waals surface area contributed by atoms with E-state index in [1.807, 2.05) is 0 Å². The Kier molecular flexibility index (Phi) is 3.57. The van der Waals surface area contributed by atoms with Gasteiger partial charge in [-0.3, -0.25) is 9.59 Å². The molecule has 6 nitrogen and oxygen atoms in total. The van der Waals surface area contributed by atoms with Crippen molar-refractivity contribution in [2.45, 2.75) is 26.3 Å². The number of carboxylic acids is 1. The maximum atomic E-state index is 12.5. The van der Waals surface area contributed by atoms with Crippen molar-refractivity contribution in [1.82, 2.24) is 4.90 Å². The highest BCUT2D eigenvalue weighted by Gasteiger charge is 2.30. The Hall–Kier alpha value is -2.24. The third-order valence-corrected chi connectivity index (χ3v) is 2.97. The number of carbonyl (C=O) groups is 2. The highest BCUT2D eigenvalue weighted by Crippen LogP contribution is 2.33. The van der Waals surface area contributed by atoms with Gasteiger partial charge in [-0.25, -0.2) is 0 Å². The van der Waals surface area contributed by atoms with Crippen LogP contribution in [0.25, 0.3) is 0 Å². The summed E-state index contributed by atoms with van der Waals surface area (Å²) in [6.07, 6.45) is 0. The summed E-state index contributed by atoms with van der Waals surface area (Å²) in [6.45, 7) is 5.16. The molecule has 0 spiro atoms. The first kappa shape index (κ1) is 14.2. The van der Waals surface area contributed by atoms with Crippen molar-refractivity contribution in [3.05, 3.63) is 23.8 Å². The Bertz CT molecular complexity index is 547. The van der Waals surface area contributed by atoms with Gasteiger partial charge in [0.2, 0.25) is 6.79 Å². The van der Waals surface area contributed by atoms with Crippen molar-refractivity contribution in [2.24, 2.45) is 0 Å². The molecule has 0 aromatic heterocycles. The summed E-state index contributed by atoms with van der Waals surface area (Å²) >= 11 is 0. The van der Waals surface area contributed by atoms with E-state index < -0.39 is 11.5 Å². The second kappa shape index (κ2) is 5.03. The summed E-state index contributed by atoms with van der Waals surface area (Å²) < 4.78 is 10.4. The second-order valence-electron chi connectivity index (χ2n) is 5.52. The number of carbonyl (C=O) groups excluding carboxylic acids is 1. The molecular formula is C14H17NO5. The first-order valence-electron chi connectivity index (χ1n) is 6.22. The third kappa shape index (κ3) is 2.84. The average Bonchev–Trinajstić information content (AvgIpc) is 2.80. The molecule has 1 amide bonds. The molecule has 0 unspecified atom stereocenters. The summed E-state index contributed by atoms with van der Waals surface area (Å²) in [5.74, 6) is -0.311. The van der Waals surface area contributed by atoms with Crippen molar-refractivity contribution in [2.75, 3.05) is 13.3 Å². The molecule has 1 aromatic carbocycles. The monoisotopic (exact) mass is 279 g/mol. The molecule has 0 bridgehead atoms. The number of rotatable bonds is 3. The number of nitrogens with zero attached hydrogens (tertiary/aromatic N) is 1. The van der Waals surface area contributed by atoms with Gasteiger partial charge in [0, 0.05) is 11.1 Å². The van der Waals surface area contributed by atoms with Crippen molar-refractivity contribution < 1.29 is 24.2 Å². The quantitative estimate of drug-likeness (QED) is 0.912. The van der Waals surface area contributed by atoms with E-state index in [1.54, 1.807) is 39.0 Å². The van der Waals surface area contributed by atoms with Crippen molar-refractivity contribution in [3.63, 3.8) is 0 Å². The number of amides is 1. The van der Waals surface area contributed by atoms with Gasteiger partial charge in [0.1, 0.15) is 6.54 Å². The van der Waals surface area contributed by atoms with Crippen LogP contribution in [0.2, 0.25) is 0 Å². The molecule has 1 heterocycles. The van der Waals surface area contributed by atoms with Crippen molar-refractivity contribution in [3.8, 4) is 11.5 Å². The molecular weight excluding hydrogens is 262 g/mol. The normalized spacial score (nSPS) is 13.2. The van der Waals surface area contributed by atoms with Crippen LogP contribution < -0.4 is 9.47 Å². The average molecular weight is 279 g/mol. The zero-order valence-corrected chi connectivity index (χ0v) is 11.7. The smallest absolute Gasteiger partial charge is 0.323 e. The Morgan fingerprint density at radius 3 is 2.50 bits per heavy atom. The molecule has 1 aromatic rings. The summed E-state index contributed by atoms with van der Waals surface area (Å²) in [5, 5.41) is 8.96. The van der Waals surface area contributed by atoms with E-state index in [0.29, 0.717) is 17.1 Å². The highest BCUT2D eigenvalue weighted by atomic mass is 16.7. The molecule has 20 heavy (non-hydrogen) atoms. The number of hydrogen-bond acceptors (Lipinski definition) is 4. The molecule has 0 radical (unpaired) electrons. The van der Waals surface area contributed by atoms with E-state index in [1.165, 1.54) is 4.90 Å². The zero-order chi connectivity index (χ0) is 14.9. The predicted molar refractivity (Wildman–Crippen MR) is 71.0 cm³/mol. The van der Waals surface area contributed by atoms with E-state index in [0.717, 1.165) is 0 Å². The van der Waals surface area contributed by atoms with E-state index in [2.05, 4.69) is 0 Å². The number of hydrogen-bond donors (Lipinski definition) is 1. The largest absolute Gasteiger partial charge is 0.480 e. The fraction of sp³-hybridized carbons (Fsp3) is 0.429. The van der Waals surface area contributed by atoms with Crippen LogP contribution in [0.4, 0.5) is 0 Å². The molecule has 2 rings (SSSR count). The van der Waals surface area contributed by atoms with Gasteiger partial charge < -0.3 is 19.5 Å². The van der Waals surface area contributed by atoms with Crippen LogP contribution in [0.5, 0.6) is 11.5 Å². The van der Waals surface area contributed by atoms with E-state index >= 15 is 0 Å². The number of carboxylic acid groups (broad SMARTS) is 1. The Labute approximate surface area is 116 Å². The van der Waals surface area contributed by atoms with E-state index in [9.17, 15) is 9.59 Å². The molecule has 1 aliphatic heterocycles. The topological polar surface area (TPSA) is 76.1 Å². The number of ether oxygens (including phenoxy) is 2. The van der Waals surface area contributed by atoms with Crippen LogP contribution in [-0.2, 0) is 4.79 Å². The molecule has 0 aliphatic carbocycles. The Morgan fingerprint density at radius 2 is 1.90 bits per heavy atom. The van der Waals surface area contributed by atoms with Crippen molar-refractivity contribution in [1.29, 1.82) is 0 Å². The maximum absolute atomic E-state index is 12.5. The molecule has 6 heteroatoms. The molecule has 1 aliphatic rings.